The van der Waals surface area contributed by atoms with Gasteiger partial charge in [0.25, 0.3) is 0 Å². The normalized spacial score (nSPS) is 14.3. The Kier molecular flexibility index (Phi) is 7.26. The number of carbonyl (C=O) groups is 1. The number of nitrogen functional groups attached to an aromatic ring is 1. The zero-order valence-corrected chi connectivity index (χ0v) is 22.5. The number of fused-ring (bicyclic) bond motifs is 1. The van der Waals surface area contributed by atoms with Crippen LogP contribution in [0.25, 0.3) is 39.2 Å². The number of carbonyl (C=O) groups excluding carboxylic acids is 1. The molecule has 5 heterocycles. The van der Waals surface area contributed by atoms with Crippen LogP contribution in [-0.4, -0.2) is 49.5 Å². The maximum Gasteiger partial charge on any atom is 0.243 e. The minimum absolute atomic E-state index is 0.110. The smallest absolute Gasteiger partial charge is 0.243 e. The van der Waals surface area contributed by atoms with Gasteiger partial charge in [-0.3, -0.25) is 19.7 Å². The number of hydrogen-bond donors (Lipinski definition) is 2. The van der Waals surface area contributed by atoms with E-state index < -0.39 is 5.82 Å². The van der Waals surface area contributed by atoms with Gasteiger partial charge in [0.15, 0.2) is 0 Å². The van der Waals surface area contributed by atoms with E-state index in [9.17, 15) is 9.18 Å². The average Bonchev–Trinajstić information content (AvgIpc) is 3.37. The third-order valence-electron chi connectivity index (χ3n) is 7.51. The van der Waals surface area contributed by atoms with Crippen molar-refractivity contribution in [3.05, 3.63) is 103 Å². The van der Waals surface area contributed by atoms with Crippen LogP contribution < -0.4 is 11.1 Å². The number of pyridine rings is 3. The molecule has 206 valence electrons. The number of benzene rings is 1. The Balaban J connectivity index is 1.32. The second-order valence-corrected chi connectivity index (χ2v) is 10.2. The van der Waals surface area contributed by atoms with Gasteiger partial charge in [-0.05, 0) is 73.0 Å². The molecule has 9 heteroatoms. The number of nitrogens with one attached hydrogen (secondary N) is 1. The molecule has 4 aromatic heterocycles. The molecule has 0 spiro atoms. The first kappa shape index (κ1) is 26.3. The Morgan fingerprint density at radius 1 is 1.02 bits per heavy atom. The van der Waals surface area contributed by atoms with Crippen molar-refractivity contribution >= 4 is 22.6 Å². The SMILES string of the molecule is C=CC(=O)NC1CCN(Cc2ccc(-n3c(-c4cccnc4N)cc4cnc(-c5ccc(F)cn5)cc43)cc2)CC1. The van der Waals surface area contributed by atoms with E-state index in [4.69, 9.17) is 5.73 Å². The molecule has 0 aliphatic carbocycles. The molecule has 6 rings (SSSR count). The molecular weight excluding hydrogens is 517 g/mol. The lowest BCUT2D eigenvalue weighted by Crippen LogP contribution is -2.43. The minimum atomic E-state index is -0.392. The van der Waals surface area contributed by atoms with Gasteiger partial charge >= 0.3 is 0 Å². The summed E-state index contributed by atoms with van der Waals surface area (Å²) in [6.07, 6.45) is 7.84. The van der Waals surface area contributed by atoms with E-state index in [-0.39, 0.29) is 11.9 Å². The monoisotopic (exact) mass is 547 g/mol. The van der Waals surface area contributed by atoms with E-state index in [0.29, 0.717) is 17.2 Å². The molecule has 1 aliphatic heterocycles. The first-order valence-corrected chi connectivity index (χ1v) is 13.6. The third-order valence-corrected chi connectivity index (χ3v) is 7.51. The summed E-state index contributed by atoms with van der Waals surface area (Å²) in [4.78, 5) is 27.2. The van der Waals surface area contributed by atoms with E-state index >= 15 is 0 Å². The molecule has 0 bridgehead atoms. The van der Waals surface area contributed by atoms with Gasteiger partial charge in [0.1, 0.15) is 11.6 Å². The van der Waals surface area contributed by atoms with E-state index in [0.717, 1.165) is 60.3 Å². The molecule has 41 heavy (non-hydrogen) atoms. The number of nitrogens with two attached hydrogens (primary N) is 1. The number of nitrogens with zero attached hydrogens (tertiary/aromatic N) is 5. The lowest BCUT2D eigenvalue weighted by Gasteiger charge is -2.32. The van der Waals surface area contributed by atoms with Crippen LogP contribution in [0.5, 0.6) is 0 Å². The number of halogens is 1. The molecule has 0 atom stereocenters. The summed E-state index contributed by atoms with van der Waals surface area (Å²) in [6, 6.07) is 19.6. The predicted octanol–water partition coefficient (Wildman–Crippen LogP) is 5.14. The Hall–Kier alpha value is -4.89. The third kappa shape index (κ3) is 5.57. The van der Waals surface area contributed by atoms with Crippen LogP contribution in [0.4, 0.5) is 10.2 Å². The highest BCUT2D eigenvalue weighted by atomic mass is 19.1. The Labute approximate surface area is 237 Å². The lowest BCUT2D eigenvalue weighted by molar-refractivity contribution is -0.117. The summed E-state index contributed by atoms with van der Waals surface area (Å²) < 4.78 is 15.6. The van der Waals surface area contributed by atoms with Crippen molar-refractivity contribution in [1.29, 1.82) is 0 Å². The number of aromatic nitrogens is 4. The molecule has 1 aromatic carbocycles. The molecule has 8 nitrogen and oxygen atoms in total. The standard InChI is InChI=1S/C32H30FN7O/c1-2-31(41)38-24-11-14-39(15-12-24)20-21-5-8-25(9-6-21)40-29-17-28(27-10-7-23(33)19-37-27)36-18-22(29)16-30(40)26-4-3-13-35-32(26)34/h2-10,13,16-19,24H,1,11-12,14-15,20H2,(H2,34,35)(H,38,41). The number of hydrogen-bond acceptors (Lipinski definition) is 6. The van der Waals surface area contributed by atoms with E-state index in [1.54, 1.807) is 18.5 Å². The number of likely N-dealkylation sites (tertiary alicyclic amines) is 1. The van der Waals surface area contributed by atoms with Crippen molar-refractivity contribution in [3.8, 4) is 28.3 Å². The summed E-state index contributed by atoms with van der Waals surface area (Å²) in [6.45, 7) is 6.21. The zero-order chi connectivity index (χ0) is 28.3. The van der Waals surface area contributed by atoms with E-state index in [2.05, 4.69) is 66.6 Å². The highest BCUT2D eigenvalue weighted by Crippen LogP contribution is 2.35. The highest BCUT2D eigenvalue weighted by Gasteiger charge is 2.21. The van der Waals surface area contributed by atoms with Crippen LogP contribution in [-0.2, 0) is 11.3 Å². The fourth-order valence-corrected chi connectivity index (χ4v) is 5.38. The molecule has 1 aliphatic rings. The fraction of sp³-hybridized carbons (Fsp3) is 0.188. The van der Waals surface area contributed by atoms with Gasteiger partial charge in [-0.2, -0.15) is 0 Å². The van der Waals surface area contributed by atoms with Gasteiger partial charge in [-0.1, -0.05) is 18.7 Å². The van der Waals surface area contributed by atoms with Crippen LogP contribution in [0, 0.1) is 5.82 Å². The zero-order valence-electron chi connectivity index (χ0n) is 22.5. The Morgan fingerprint density at radius 2 is 1.80 bits per heavy atom. The molecule has 0 unspecified atom stereocenters. The predicted molar refractivity (Wildman–Crippen MR) is 159 cm³/mol. The minimum Gasteiger partial charge on any atom is -0.383 e. The van der Waals surface area contributed by atoms with Crippen molar-refractivity contribution < 1.29 is 9.18 Å². The van der Waals surface area contributed by atoms with Gasteiger partial charge in [-0.25, -0.2) is 9.37 Å². The second kappa shape index (κ2) is 11.3. The quantitative estimate of drug-likeness (QED) is 0.274. The molecular formula is C32H30FN7O. The van der Waals surface area contributed by atoms with Crippen molar-refractivity contribution in [2.24, 2.45) is 0 Å². The molecule has 1 fully saturated rings. The van der Waals surface area contributed by atoms with Crippen LogP contribution in [0.3, 0.4) is 0 Å². The molecule has 1 amide bonds. The first-order valence-electron chi connectivity index (χ1n) is 13.6. The molecule has 0 saturated carbocycles. The van der Waals surface area contributed by atoms with Gasteiger partial charge in [0.2, 0.25) is 5.91 Å². The van der Waals surface area contributed by atoms with Crippen LogP contribution >= 0.6 is 0 Å². The maximum absolute atomic E-state index is 13.5. The van der Waals surface area contributed by atoms with Gasteiger partial charge in [0.05, 0.1) is 28.8 Å². The average molecular weight is 548 g/mol. The number of anilines is 1. The van der Waals surface area contributed by atoms with Gasteiger partial charge in [-0.15, -0.1) is 0 Å². The molecule has 3 N–H and O–H groups in total. The van der Waals surface area contributed by atoms with Crippen molar-refractivity contribution in [2.75, 3.05) is 18.8 Å². The number of rotatable bonds is 7. The summed E-state index contributed by atoms with van der Waals surface area (Å²) in [7, 11) is 0. The molecule has 1 saturated heterocycles. The van der Waals surface area contributed by atoms with Gasteiger partial charge < -0.3 is 15.6 Å². The first-order chi connectivity index (χ1) is 20.0. The Bertz CT molecular complexity index is 1710. The largest absolute Gasteiger partial charge is 0.383 e. The van der Waals surface area contributed by atoms with Crippen molar-refractivity contribution in [2.45, 2.75) is 25.4 Å². The van der Waals surface area contributed by atoms with E-state index in [1.165, 1.54) is 23.9 Å². The molecule has 0 radical (unpaired) electrons. The number of piperidine rings is 1. The summed E-state index contributed by atoms with van der Waals surface area (Å²) in [5.41, 5.74) is 12.4. The van der Waals surface area contributed by atoms with Gasteiger partial charge in [0, 0.05) is 54.7 Å². The van der Waals surface area contributed by atoms with Crippen molar-refractivity contribution in [3.63, 3.8) is 0 Å². The van der Waals surface area contributed by atoms with Crippen LogP contribution in [0.15, 0.2) is 91.9 Å². The van der Waals surface area contributed by atoms with Crippen LogP contribution in [0.2, 0.25) is 0 Å². The van der Waals surface area contributed by atoms with Crippen LogP contribution in [0.1, 0.15) is 18.4 Å². The summed E-state index contributed by atoms with van der Waals surface area (Å²) >= 11 is 0. The summed E-state index contributed by atoms with van der Waals surface area (Å²) in [5, 5.41) is 3.94. The Morgan fingerprint density at radius 3 is 2.51 bits per heavy atom. The van der Waals surface area contributed by atoms with Crippen molar-refractivity contribution in [1.82, 2.24) is 29.7 Å². The lowest BCUT2D eigenvalue weighted by atomic mass is 10.0. The number of amides is 1. The highest BCUT2D eigenvalue weighted by molar-refractivity contribution is 5.92. The fourth-order valence-electron chi connectivity index (χ4n) is 5.38. The summed E-state index contributed by atoms with van der Waals surface area (Å²) in [5.74, 6) is -0.0634. The second-order valence-electron chi connectivity index (χ2n) is 10.2. The maximum atomic E-state index is 13.5. The molecule has 5 aromatic rings. The van der Waals surface area contributed by atoms with E-state index in [1.807, 2.05) is 18.2 Å². The topological polar surface area (TPSA) is 102 Å².